The van der Waals surface area contributed by atoms with Crippen LogP contribution in [0.2, 0.25) is 5.02 Å². The molecule has 0 saturated carbocycles. The highest BCUT2D eigenvalue weighted by molar-refractivity contribution is 6.32. The van der Waals surface area contributed by atoms with Crippen molar-refractivity contribution < 1.29 is 4.39 Å². The number of nitrogen functional groups attached to an aromatic ring is 1. The van der Waals surface area contributed by atoms with Crippen LogP contribution in [0.15, 0.2) is 30.5 Å². The molecule has 1 heterocycles. The maximum atomic E-state index is 13.4. The quantitative estimate of drug-likeness (QED) is 0.890. The lowest BCUT2D eigenvalue weighted by atomic mass is 10.2. The standard InChI is InChI=1S/C12H9ClFN3/c13-10-2-1-3-11(14)9(10)5-4-8-6-7-16-12(15)17-8/h1-7H,(H2,15,16,17). The van der Waals surface area contributed by atoms with Gasteiger partial charge in [0.15, 0.2) is 0 Å². The van der Waals surface area contributed by atoms with Gasteiger partial charge in [0.05, 0.1) is 10.7 Å². The smallest absolute Gasteiger partial charge is 0.220 e. The minimum atomic E-state index is -0.379. The Bertz CT molecular complexity index is 549. The summed E-state index contributed by atoms with van der Waals surface area (Å²) in [7, 11) is 0. The van der Waals surface area contributed by atoms with Crippen LogP contribution < -0.4 is 5.73 Å². The Kier molecular flexibility index (Phi) is 3.35. The van der Waals surface area contributed by atoms with Gasteiger partial charge in [0, 0.05) is 11.8 Å². The van der Waals surface area contributed by atoms with Crippen LogP contribution in [0, 0.1) is 5.82 Å². The van der Waals surface area contributed by atoms with E-state index >= 15 is 0 Å². The first kappa shape index (κ1) is 11.5. The van der Waals surface area contributed by atoms with Crippen molar-refractivity contribution in [2.75, 3.05) is 5.73 Å². The largest absolute Gasteiger partial charge is 0.368 e. The number of hydrogen-bond acceptors (Lipinski definition) is 3. The number of nitrogens with zero attached hydrogens (tertiary/aromatic N) is 2. The highest BCUT2D eigenvalue weighted by Crippen LogP contribution is 2.21. The predicted octanol–water partition coefficient (Wildman–Crippen LogP) is 3.02. The Morgan fingerprint density at radius 1 is 1.24 bits per heavy atom. The minimum absolute atomic E-state index is 0.173. The van der Waals surface area contributed by atoms with Gasteiger partial charge in [-0.3, -0.25) is 0 Å². The third-order valence-electron chi connectivity index (χ3n) is 2.12. The molecule has 0 fully saturated rings. The molecule has 3 nitrogen and oxygen atoms in total. The molecule has 0 saturated heterocycles. The molecule has 0 aliphatic heterocycles. The van der Waals surface area contributed by atoms with Crippen LogP contribution in [-0.2, 0) is 0 Å². The second-order valence-corrected chi connectivity index (χ2v) is 3.72. The van der Waals surface area contributed by atoms with Crippen molar-refractivity contribution in [3.05, 3.63) is 52.6 Å². The first-order valence-electron chi connectivity index (χ1n) is 4.87. The van der Waals surface area contributed by atoms with Crippen molar-refractivity contribution in [3.63, 3.8) is 0 Å². The molecule has 0 radical (unpaired) electrons. The number of rotatable bonds is 2. The Hall–Kier alpha value is -1.94. The van der Waals surface area contributed by atoms with Gasteiger partial charge in [-0.15, -0.1) is 0 Å². The summed E-state index contributed by atoms with van der Waals surface area (Å²) in [6.07, 6.45) is 4.72. The van der Waals surface area contributed by atoms with Crippen molar-refractivity contribution in [2.24, 2.45) is 0 Å². The van der Waals surface area contributed by atoms with Crippen molar-refractivity contribution in [2.45, 2.75) is 0 Å². The van der Waals surface area contributed by atoms with Crippen molar-refractivity contribution in [3.8, 4) is 0 Å². The predicted molar refractivity (Wildman–Crippen MR) is 66.8 cm³/mol. The van der Waals surface area contributed by atoms with E-state index in [1.807, 2.05) is 0 Å². The normalized spacial score (nSPS) is 10.9. The van der Waals surface area contributed by atoms with Crippen LogP contribution in [0.25, 0.3) is 12.2 Å². The van der Waals surface area contributed by atoms with Gasteiger partial charge in [0.25, 0.3) is 0 Å². The summed E-state index contributed by atoms with van der Waals surface area (Å²) >= 11 is 5.88. The minimum Gasteiger partial charge on any atom is -0.368 e. The lowest BCUT2D eigenvalue weighted by Crippen LogP contribution is -1.94. The van der Waals surface area contributed by atoms with Gasteiger partial charge in [0.1, 0.15) is 5.82 Å². The zero-order valence-corrected chi connectivity index (χ0v) is 9.53. The molecule has 0 aliphatic rings. The topological polar surface area (TPSA) is 51.8 Å². The molecular formula is C12H9ClFN3. The molecule has 0 spiro atoms. The van der Waals surface area contributed by atoms with E-state index in [1.54, 1.807) is 30.4 Å². The van der Waals surface area contributed by atoms with Crippen LogP contribution in [0.3, 0.4) is 0 Å². The van der Waals surface area contributed by atoms with Gasteiger partial charge in [0.2, 0.25) is 5.95 Å². The van der Waals surface area contributed by atoms with Gasteiger partial charge < -0.3 is 5.73 Å². The molecule has 1 aromatic heterocycles. The second kappa shape index (κ2) is 4.93. The molecule has 17 heavy (non-hydrogen) atoms. The summed E-state index contributed by atoms with van der Waals surface area (Å²) in [6.45, 7) is 0. The zero-order valence-electron chi connectivity index (χ0n) is 8.77. The fourth-order valence-electron chi connectivity index (χ4n) is 1.32. The monoisotopic (exact) mass is 249 g/mol. The molecule has 2 N–H and O–H groups in total. The molecular weight excluding hydrogens is 241 g/mol. The molecule has 2 rings (SSSR count). The summed E-state index contributed by atoms with van der Waals surface area (Å²) in [5.41, 5.74) is 6.35. The number of aromatic nitrogens is 2. The summed E-state index contributed by atoms with van der Waals surface area (Å²) in [5, 5.41) is 0.350. The highest BCUT2D eigenvalue weighted by Gasteiger charge is 2.02. The van der Waals surface area contributed by atoms with E-state index in [1.165, 1.54) is 12.3 Å². The fourth-order valence-corrected chi connectivity index (χ4v) is 1.55. The van der Waals surface area contributed by atoms with Gasteiger partial charge in [-0.25, -0.2) is 14.4 Å². The van der Waals surface area contributed by atoms with E-state index in [-0.39, 0.29) is 11.8 Å². The van der Waals surface area contributed by atoms with Crippen molar-refractivity contribution in [1.82, 2.24) is 9.97 Å². The molecule has 0 bridgehead atoms. The average molecular weight is 250 g/mol. The van der Waals surface area contributed by atoms with Crippen LogP contribution in [0.5, 0.6) is 0 Å². The van der Waals surface area contributed by atoms with Gasteiger partial charge in [-0.05, 0) is 30.4 Å². The summed E-state index contributed by atoms with van der Waals surface area (Å²) < 4.78 is 13.4. The third-order valence-corrected chi connectivity index (χ3v) is 2.45. The molecule has 0 atom stereocenters. The highest BCUT2D eigenvalue weighted by atomic mass is 35.5. The van der Waals surface area contributed by atoms with Crippen molar-refractivity contribution >= 4 is 29.7 Å². The van der Waals surface area contributed by atoms with E-state index in [2.05, 4.69) is 9.97 Å². The van der Waals surface area contributed by atoms with E-state index in [4.69, 9.17) is 17.3 Å². The molecule has 0 unspecified atom stereocenters. The summed E-state index contributed by atoms with van der Waals surface area (Å²) in [5.74, 6) is -0.206. The van der Waals surface area contributed by atoms with Crippen LogP contribution in [0.4, 0.5) is 10.3 Å². The average Bonchev–Trinajstić information content (AvgIpc) is 2.28. The Balaban J connectivity index is 2.32. The van der Waals surface area contributed by atoms with Crippen LogP contribution in [0.1, 0.15) is 11.3 Å². The van der Waals surface area contributed by atoms with E-state index in [9.17, 15) is 4.39 Å². The summed E-state index contributed by atoms with van der Waals surface area (Å²) in [4.78, 5) is 7.72. The Morgan fingerprint density at radius 3 is 2.76 bits per heavy atom. The van der Waals surface area contributed by atoms with E-state index in [0.29, 0.717) is 16.3 Å². The molecule has 2 aromatic rings. The fraction of sp³-hybridized carbons (Fsp3) is 0. The first-order valence-corrected chi connectivity index (χ1v) is 5.25. The lowest BCUT2D eigenvalue weighted by Gasteiger charge is -1.99. The van der Waals surface area contributed by atoms with Gasteiger partial charge in [-0.1, -0.05) is 17.7 Å². The van der Waals surface area contributed by atoms with E-state index in [0.717, 1.165) is 0 Å². The number of nitrogens with two attached hydrogens (primary N) is 1. The van der Waals surface area contributed by atoms with E-state index < -0.39 is 0 Å². The van der Waals surface area contributed by atoms with Crippen molar-refractivity contribution in [1.29, 1.82) is 0 Å². The first-order chi connectivity index (χ1) is 8.16. The maximum Gasteiger partial charge on any atom is 0.220 e. The zero-order chi connectivity index (χ0) is 12.3. The molecule has 86 valence electrons. The second-order valence-electron chi connectivity index (χ2n) is 3.31. The Morgan fingerprint density at radius 2 is 2.06 bits per heavy atom. The number of benzene rings is 1. The SMILES string of the molecule is Nc1nccc(C=Cc2c(F)cccc2Cl)n1. The third kappa shape index (κ3) is 2.79. The molecule has 0 amide bonds. The van der Waals surface area contributed by atoms with Crippen LogP contribution >= 0.6 is 11.6 Å². The molecule has 1 aromatic carbocycles. The van der Waals surface area contributed by atoms with Gasteiger partial charge in [-0.2, -0.15) is 0 Å². The maximum absolute atomic E-state index is 13.4. The Labute approximate surface area is 103 Å². The molecule has 5 heteroatoms. The number of anilines is 1. The number of halogens is 2. The lowest BCUT2D eigenvalue weighted by molar-refractivity contribution is 0.625. The number of hydrogen-bond donors (Lipinski definition) is 1. The van der Waals surface area contributed by atoms with Gasteiger partial charge >= 0.3 is 0 Å². The summed E-state index contributed by atoms with van der Waals surface area (Å²) in [6, 6.07) is 6.19. The molecule has 0 aliphatic carbocycles. The van der Waals surface area contributed by atoms with Crippen LogP contribution in [-0.4, -0.2) is 9.97 Å².